The Morgan fingerprint density at radius 1 is 1.50 bits per heavy atom. The van der Waals surface area contributed by atoms with Crippen molar-refractivity contribution in [1.82, 2.24) is 9.55 Å². The highest BCUT2D eigenvalue weighted by Crippen LogP contribution is 2.23. The molecule has 0 aliphatic heterocycles. The molecule has 74 valence electrons. The van der Waals surface area contributed by atoms with Crippen molar-refractivity contribution >= 4 is 27.3 Å². The van der Waals surface area contributed by atoms with Gasteiger partial charge in [0.05, 0.1) is 35.2 Å². The third-order valence-corrected chi connectivity index (χ3v) is 3.52. The maximum atomic E-state index is 9.02. The van der Waals surface area contributed by atoms with Gasteiger partial charge in [-0.3, -0.25) is 0 Å². The average Bonchev–Trinajstić information content (AvgIpc) is 2.76. The van der Waals surface area contributed by atoms with Crippen molar-refractivity contribution in [3.63, 3.8) is 0 Å². The lowest BCUT2D eigenvalue weighted by molar-refractivity contribution is 0.271. The fourth-order valence-corrected chi connectivity index (χ4v) is 2.71. The summed E-state index contributed by atoms with van der Waals surface area (Å²) in [5, 5.41) is 9.02. The minimum absolute atomic E-state index is 0.0343. The molecule has 2 rings (SSSR count). The van der Waals surface area contributed by atoms with Crippen LogP contribution in [0.25, 0.3) is 0 Å². The molecule has 2 aromatic rings. The molecular weight excluding hydrogens is 264 g/mol. The molecular formula is C9H9BrN2OS. The Morgan fingerprint density at radius 3 is 3.00 bits per heavy atom. The highest BCUT2D eigenvalue weighted by molar-refractivity contribution is 9.11. The van der Waals surface area contributed by atoms with E-state index in [-0.39, 0.29) is 6.61 Å². The monoisotopic (exact) mass is 272 g/mol. The predicted octanol–water partition coefficient (Wildman–Crippen LogP) is 2.25. The van der Waals surface area contributed by atoms with Crippen LogP contribution in [0.3, 0.4) is 0 Å². The molecule has 0 amide bonds. The van der Waals surface area contributed by atoms with Gasteiger partial charge < -0.3 is 9.67 Å². The average molecular weight is 273 g/mol. The zero-order valence-corrected chi connectivity index (χ0v) is 9.75. The van der Waals surface area contributed by atoms with Gasteiger partial charge in [-0.15, -0.1) is 11.3 Å². The van der Waals surface area contributed by atoms with Crippen molar-refractivity contribution in [3.05, 3.63) is 39.0 Å². The molecule has 0 atom stereocenters. The predicted molar refractivity (Wildman–Crippen MR) is 59.3 cm³/mol. The van der Waals surface area contributed by atoms with Crippen molar-refractivity contribution in [2.75, 3.05) is 0 Å². The largest absolute Gasteiger partial charge is 0.390 e. The third-order valence-electron chi connectivity index (χ3n) is 1.92. The molecule has 0 aromatic carbocycles. The van der Waals surface area contributed by atoms with Crippen LogP contribution in [0.2, 0.25) is 0 Å². The lowest BCUT2D eigenvalue weighted by Crippen LogP contribution is -2.01. The second-order valence-electron chi connectivity index (χ2n) is 2.88. The van der Waals surface area contributed by atoms with Crippen molar-refractivity contribution in [2.45, 2.75) is 13.2 Å². The second kappa shape index (κ2) is 4.25. The molecule has 0 spiro atoms. The number of hydrogen-bond donors (Lipinski definition) is 1. The molecule has 0 fully saturated rings. The highest BCUT2D eigenvalue weighted by atomic mass is 79.9. The standard InChI is InChI=1S/C9H9BrN2OS/c10-9-2-1-8(14-9)4-12-6-11-3-7(12)5-13/h1-3,6,13H,4-5H2. The van der Waals surface area contributed by atoms with Crippen LogP contribution in [-0.2, 0) is 13.2 Å². The molecule has 1 N–H and O–H groups in total. The van der Waals surface area contributed by atoms with Gasteiger partial charge >= 0.3 is 0 Å². The zero-order valence-electron chi connectivity index (χ0n) is 7.35. The van der Waals surface area contributed by atoms with E-state index in [0.717, 1.165) is 16.0 Å². The van der Waals surface area contributed by atoms with Crippen molar-refractivity contribution in [2.24, 2.45) is 0 Å². The van der Waals surface area contributed by atoms with Crippen molar-refractivity contribution < 1.29 is 5.11 Å². The number of aliphatic hydroxyl groups is 1. The SMILES string of the molecule is OCc1cncn1Cc1ccc(Br)s1. The summed E-state index contributed by atoms with van der Waals surface area (Å²) in [6.07, 6.45) is 3.42. The Morgan fingerprint density at radius 2 is 2.36 bits per heavy atom. The lowest BCUT2D eigenvalue weighted by atomic mass is 10.4. The van der Waals surface area contributed by atoms with Gasteiger partial charge in [0.1, 0.15) is 0 Å². The summed E-state index contributed by atoms with van der Waals surface area (Å²) in [5.41, 5.74) is 0.842. The van der Waals surface area contributed by atoms with Crippen LogP contribution in [0.1, 0.15) is 10.6 Å². The van der Waals surface area contributed by atoms with Crippen LogP contribution in [0.15, 0.2) is 28.4 Å². The summed E-state index contributed by atoms with van der Waals surface area (Å²) in [6.45, 7) is 0.804. The van der Waals surface area contributed by atoms with E-state index >= 15 is 0 Å². The minimum Gasteiger partial charge on any atom is -0.390 e. The molecule has 2 heterocycles. The fourth-order valence-electron chi connectivity index (χ4n) is 1.23. The van der Waals surface area contributed by atoms with Gasteiger partial charge in [-0.2, -0.15) is 0 Å². The van der Waals surface area contributed by atoms with Gasteiger partial charge in [0.2, 0.25) is 0 Å². The van der Waals surface area contributed by atoms with E-state index in [4.69, 9.17) is 5.11 Å². The van der Waals surface area contributed by atoms with E-state index in [1.54, 1.807) is 23.9 Å². The van der Waals surface area contributed by atoms with Crippen LogP contribution in [-0.4, -0.2) is 14.7 Å². The highest BCUT2D eigenvalue weighted by Gasteiger charge is 2.03. The van der Waals surface area contributed by atoms with Crippen LogP contribution in [0.4, 0.5) is 0 Å². The lowest BCUT2D eigenvalue weighted by Gasteiger charge is -2.03. The Hall–Kier alpha value is -0.650. The maximum Gasteiger partial charge on any atom is 0.0952 e. The quantitative estimate of drug-likeness (QED) is 0.931. The normalized spacial score (nSPS) is 10.7. The zero-order chi connectivity index (χ0) is 9.97. The minimum atomic E-state index is 0.0343. The Bertz CT molecular complexity index is 424. The first-order valence-electron chi connectivity index (χ1n) is 4.13. The van der Waals surface area contributed by atoms with Gasteiger partial charge in [0.15, 0.2) is 0 Å². The number of thiophene rings is 1. The van der Waals surface area contributed by atoms with Crippen LogP contribution >= 0.6 is 27.3 Å². The number of hydrogen-bond acceptors (Lipinski definition) is 3. The third kappa shape index (κ3) is 2.05. The van der Waals surface area contributed by atoms with Gasteiger partial charge in [-0.1, -0.05) is 0 Å². The number of halogens is 1. The maximum absolute atomic E-state index is 9.02. The topological polar surface area (TPSA) is 38.1 Å². The number of imidazole rings is 1. The number of rotatable bonds is 3. The summed E-state index contributed by atoms with van der Waals surface area (Å²) in [4.78, 5) is 5.23. The summed E-state index contributed by atoms with van der Waals surface area (Å²) in [7, 11) is 0. The van der Waals surface area contributed by atoms with Crippen LogP contribution in [0.5, 0.6) is 0 Å². The fraction of sp³-hybridized carbons (Fsp3) is 0.222. The summed E-state index contributed by atoms with van der Waals surface area (Å²) >= 11 is 5.11. The molecule has 0 aliphatic rings. The molecule has 0 saturated carbocycles. The number of aliphatic hydroxyl groups excluding tert-OH is 1. The molecule has 0 saturated heterocycles. The van der Waals surface area contributed by atoms with Gasteiger partial charge in [0.25, 0.3) is 0 Å². The molecule has 5 heteroatoms. The van der Waals surface area contributed by atoms with Crippen molar-refractivity contribution in [1.29, 1.82) is 0 Å². The molecule has 0 bridgehead atoms. The van der Waals surface area contributed by atoms with E-state index in [1.807, 2.05) is 10.6 Å². The Labute approximate surface area is 94.2 Å². The summed E-state index contributed by atoms with van der Waals surface area (Å²) < 4.78 is 3.07. The molecule has 0 aliphatic carbocycles. The van der Waals surface area contributed by atoms with E-state index in [0.29, 0.717) is 0 Å². The van der Waals surface area contributed by atoms with Gasteiger partial charge in [0, 0.05) is 4.88 Å². The van der Waals surface area contributed by atoms with Crippen LogP contribution < -0.4 is 0 Å². The van der Waals surface area contributed by atoms with Crippen LogP contribution in [0, 0.1) is 0 Å². The summed E-state index contributed by atoms with van der Waals surface area (Å²) in [5.74, 6) is 0. The molecule has 3 nitrogen and oxygen atoms in total. The smallest absolute Gasteiger partial charge is 0.0952 e. The first-order valence-corrected chi connectivity index (χ1v) is 5.74. The van der Waals surface area contributed by atoms with Gasteiger partial charge in [-0.05, 0) is 28.1 Å². The van der Waals surface area contributed by atoms with E-state index in [1.165, 1.54) is 4.88 Å². The Kier molecular flexibility index (Phi) is 3.00. The first kappa shape index (κ1) is 9.89. The number of aromatic nitrogens is 2. The summed E-state index contributed by atoms with van der Waals surface area (Å²) in [6, 6.07) is 4.09. The first-order chi connectivity index (χ1) is 6.79. The molecule has 2 aromatic heterocycles. The second-order valence-corrected chi connectivity index (χ2v) is 5.42. The molecule has 0 radical (unpaired) electrons. The van der Waals surface area contributed by atoms with Gasteiger partial charge in [-0.25, -0.2) is 4.98 Å². The van der Waals surface area contributed by atoms with E-state index in [9.17, 15) is 0 Å². The molecule has 14 heavy (non-hydrogen) atoms. The number of nitrogens with zero attached hydrogens (tertiary/aromatic N) is 2. The Balaban J connectivity index is 2.18. The molecule has 0 unspecified atom stereocenters. The van der Waals surface area contributed by atoms with Crippen molar-refractivity contribution in [3.8, 4) is 0 Å². The van der Waals surface area contributed by atoms with E-state index < -0.39 is 0 Å². The van der Waals surface area contributed by atoms with E-state index in [2.05, 4.69) is 27.0 Å².